The van der Waals surface area contributed by atoms with Crippen LogP contribution in [0.2, 0.25) is 0 Å². The van der Waals surface area contributed by atoms with E-state index in [-0.39, 0.29) is 22.8 Å². The summed E-state index contributed by atoms with van der Waals surface area (Å²) in [5.41, 5.74) is 10.4. The zero-order valence-electron chi connectivity index (χ0n) is 14.7. The number of benzene rings is 1. The highest BCUT2D eigenvalue weighted by Gasteiger charge is 2.36. The average Bonchev–Trinajstić information content (AvgIpc) is 2.89. The maximum absolute atomic E-state index is 14.3. The fraction of sp³-hybridized carbons (Fsp3) is 0.211. The van der Waals surface area contributed by atoms with Gasteiger partial charge in [0, 0.05) is 31.1 Å². The number of nitrogens with two attached hydrogens (primary N) is 2. The highest BCUT2D eigenvalue weighted by atomic mass is 19.1. The molecule has 3 rings (SSSR count). The van der Waals surface area contributed by atoms with Gasteiger partial charge in [-0.2, -0.15) is 0 Å². The third-order valence-electron chi connectivity index (χ3n) is 4.44. The molecule has 1 saturated heterocycles. The molecule has 1 aliphatic rings. The molecule has 1 aromatic heterocycles. The van der Waals surface area contributed by atoms with E-state index in [4.69, 9.17) is 11.5 Å². The van der Waals surface area contributed by atoms with Crippen LogP contribution in [-0.2, 0) is 0 Å². The molecule has 2 heterocycles. The number of amides is 1. The second-order valence-corrected chi connectivity index (χ2v) is 6.28. The first-order valence-electron chi connectivity index (χ1n) is 8.09. The van der Waals surface area contributed by atoms with E-state index in [1.807, 2.05) is 11.9 Å². The van der Waals surface area contributed by atoms with Crippen molar-refractivity contribution in [3.63, 3.8) is 0 Å². The van der Waals surface area contributed by atoms with Crippen LogP contribution in [-0.4, -0.2) is 45.1 Å². The molecule has 2 aromatic rings. The number of halogens is 1. The standard InChI is InChI=1S/C19H18FN5O2/c1-11-19(27,7-8-25(11)2)6-5-12-3-4-14(20)13(9-12)15-10-23-17(21)16(24-15)18(22)26/h3-4,9-10,27H,1,7-8H2,2H3,(H2,21,23)(H2,22,26)/t19-/m0/s1. The number of aromatic nitrogens is 2. The maximum Gasteiger partial charge on any atom is 0.271 e. The molecule has 0 aliphatic carbocycles. The van der Waals surface area contributed by atoms with Gasteiger partial charge < -0.3 is 21.5 Å². The van der Waals surface area contributed by atoms with Gasteiger partial charge in [0.25, 0.3) is 5.91 Å². The third kappa shape index (κ3) is 3.45. The van der Waals surface area contributed by atoms with Crippen LogP contribution in [0.3, 0.4) is 0 Å². The van der Waals surface area contributed by atoms with E-state index >= 15 is 0 Å². The number of nitrogen functional groups attached to an aromatic ring is 1. The predicted octanol–water partition coefficient (Wildman–Crippen LogP) is 0.896. The lowest BCUT2D eigenvalue weighted by atomic mass is 10.00. The summed E-state index contributed by atoms with van der Waals surface area (Å²) in [6.45, 7) is 4.50. The molecule has 1 amide bonds. The van der Waals surface area contributed by atoms with E-state index < -0.39 is 17.3 Å². The average molecular weight is 367 g/mol. The molecule has 0 bridgehead atoms. The number of hydrogen-bond donors (Lipinski definition) is 3. The van der Waals surface area contributed by atoms with Crippen LogP contribution < -0.4 is 11.5 Å². The van der Waals surface area contributed by atoms with Crippen LogP contribution in [0.4, 0.5) is 10.2 Å². The van der Waals surface area contributed by atoms with E-state index in [1.165, 1.54) is 24.4 Å². The van der Waals surface area contributed by atoms with Crippen LogP contribution in [0.15, 0.2) is 36.7 Å². The molecule has 138 valence electrons. The number of nitrogens with zero attached hydrogens (tertiary/aromatic N) is 3. The molecule has 0 unspecified atom stereocenters. The molecule has 0 radical (unpaired) electrons. The molecule has 8 heteroatoms. The smallest absolute Gasteiger partial charge is 0.271 e. The lowest BCUT2D eigenvalue weighted by Gasteiger charge is -2.19. The van der Waals surface area contributed by atoms with Crippen molar-refractivity contribution in [1.29, 1.82) is 0 Å². The first-order valence-corrected chi connectivity index (χ1v) is 8.09. The lowest BCUT2D eigenvalue weighted by molar-refractivity contribution is 0.0996. The van der Waals surface area contributed by atoms with Gasteiger partial charge in [-0.1, -0.05) is 18.4 Å². The highest BCUT2D eigenvalue weighted by Crippen LogP contribution is 2.29. The number of anilines is 1. The predicted molar refractivity (Wildman–Crippen MR) is 98.6 cm³/mol. The first-order chi connectivity index (χ1) is 12.7. The van der Waals surface area contributed by atoms with Crippen LogP contribution in [0.5, 0.6) is 0 Å². The van der Waals surface area contributed by atoms with Crippen LogP contribution >= 0.6 is 0 Å². The molecule has 1 aliphatic heterocycles. The summed E-state index contributed by atoms with van der Waals surface area (Å²) in [4.78, 5) is 21.1. The van der Waals surface area contributed by atoms with E-state index in [1.54, 1.807) is 0 Å². The van der Waals surface area contributed by atoms with Gasteiger partial charge in [-0.05, 0) is 18.2 Å². The van der Waals surface area contributed by atoms with Gasteiger partial charge >= 0.3 is 0 Å². The summed E-state index contributed by atoms with van der Waals surface area (Å²) in [7, 11) is 1.83. The van der Waals surface area contributed by atoms with Crippen LogP contribution in [0.1, 0.15) is 22.5 Å². The normalized spacial score (nSPS) is 18.9. The number of carbonyl (C=O) groups excluding carboxylic acids is 1. The highest BCUT2D eigenvalue weighted by molar-refractivity contribution is 5.95. The van der Waals surface area contributed by atoms with Gasteiger partial charge in [0.05, 0.1) is 17.6 Å². The summed E-state index contributed by atoms with van der Waals surface area (Å²) in [5, 5.41) is 10.6. The number of rotatable bonds is 2. The van der Waals surface area contributed by atoms with Crippen molar-refractivity contribution in [3.05, 3.63) is 53.7 Å². The molecule has 1 aromatic carbocycles. The van der Waals surface area contributed by atoms with Crippen molar-refractivity contribution in [2.24, 2.45) is 5.73 Å². The van der Waals surface area contributed by atoms with E-state index in [0.29, 0.717) is 24.2 Å². The Balaban J connectivity index is 2.00. The van der Waals surface area contributed by atoms with Crippen LogP contribution in [0.25, 0.3) is 11.3 Å². The van der Waals surface area contributed by atoms with Crippen LogP contribution in [0, 0.1) is 17.7 Å². The van der Waals surface area contributed by atoms with E-state index in [0.717, 1.165) is 0 Å². The molecule has 27 heavy (non-hydrogen) atoms. The van der Waals surface area contributed by atoms with Crippen molar-refractivity contribution >= 4 is 11.7 Å². The van der Waals surface area contributed by atoms with Gasteiger partial charge in [-0.3, -0.25) is 4.79 Å². The fourth-order valence-corrected chi connectivity index (χ4v) is 2.74. The molecular formula is C19H18FN5O2. The Labute approximate surface area is 155 Å². The molecule has 7 nitrogen and oxygen atoms in total. The van der Waals surface area contributed by atoms with Gasteiger partial charge in [-0.25, -0.2) is 14.4 Å². The van der Waals surface area contributed by atoms with E-state index in [9.17, 15) is 14.3 Å². The van der Waals surface area contributed by atoms with Crippen molar-refractivity contribution < 1.29 is 14.3 Å². The largest absolute Gasteiger partial charge is 0.382 e. The number of carbonyl (C=O) groups is 1. The number of hydrogen-bond acceptors (Lipinski definition) is 6. The lowest BCUT2D eigenvalue weighted by Crippen LogP contribution is -2.26. The summed E-state index contributed by atoms with van der Waals surface area (Å²) < 4.78 is 14.3. The number of likely N-dealkylation sites (tertiary alicyclic amines) is 1. The minimum atomic E-state index is -1.32. The Morgan fingerprint density at radius 3 is 2.85 bits per heavy atom. The van der Waals surface area contributed by atoms with Crippen molar-refractivity contribution in [3.8, 4) is 23.1 Å². The SMILES string of the molecule is C=C1N(C)CC[C@@]1(O)C#Cc1ccc(F)c(-c2cnc(N)c(C(N)=O)n2)c1. The molecule has 0 spiro atoms. The Morgan fingerprint density at radius 2 is 2.22 bits per heavy atom. The number of primary amides is 1. The van der Waals surface area contributed by atoms with Gasteiger partial charge in [0.15, 0.2) is 17.1 Å². The summed E-state index contributed by atoms with van der Waals surface area (Å²) >= 11 is 0. The minimum absolute atomic E-state index is 0.0890. The van der Waals surface area contributed by atoms with E-state index in [2.05, 4.69) is 28.4 Å². The Hall–Kier alpha value is -3.44. The zero-order valence-corrected chi connectivity index (χ0v) is 14.7. The molecule has 1 atom stereocenters. The van der Waals surface area contributed by atoms with Gasteiger partial charge in [0.2, 0.25) is 0 Å². The zero-order chi connectivity index (χ0) is 19.8. The number of likely N-dealkylation sites (N-methyl/N-ethyl adjacent to an activating group) is 1. The van der Waals surface area contributed by atoms with Crippen molar-refractivity contribution in [1.82, 2.24) is 14.9 Å². The third-order valence-corrected chi connectivity index (χ3v) is 4.44. The first kappa shape index (κ1) is 18.4. The van der Waals surface area contributed by atoms with Gasteiger partial charge in [0.1, 0.15) is 5.82 Å². The monoisotopic (exact) mass is 367 g/mol. The Bertz CT molecular complexity index is 1010. The minimum Gasteiger partial charge on any atom is -0.382 e. The second kappa shape index (κ2) is 6.70. The molecular weight excluding hydrogens is 349 g/mol. The quantitative estimate of drug-likeness (QED) is 0.679. The van der Waals surface area contributed by atoms with Crippen molar-refractivity contribution in [2.75, 3.05) is 19.3 Å². The maximum atomic E-state index is 14.3. The molecule has 1 fully saturated rings. The van der Waals surface area contributed by atoms with Crippen molar-refractivity contribution in [2.45, 2.75) is 12.0 Å². The molecule has 0 saturated carbocycles. The summed E-state index contributed by atoms with van der Waals surface area (Å²) in [5.74, 6) is 4.09. The Morgan fingerprint density at radius 1 is 1.48 bits per heavy atom. The Kier molecular flexibility index (Phi) is 4.56. The fourth-order valence-electron chi connectivity index (χ4n) is 2.74. The summed E-state index contributed by atoms with van der Waals surface area (Å²) in [6, 6.07) is 4.16. The summed E-state index contributed by atoms with van der Waals surface area (Å²) in [6.07, 6.45) is 1.69. The van der Waals surface area contributed by atoms with Gasteiger partial charge in [-0.15, -0.1) is 0 Å². The topological polar surface area (TPSA) is 118 Å². The second-order valence-electron chi connectivity index (χ2n) is 6.28. The number of aliphatic hydroxyl groups is 1. The molecule has 5 N–H and O–H groups in total.